The first-order valence-electron chi connectivity index (χ1n) is 19.0. The summed E-state index contributed by atoms with van der Waals surface area (Å²) in [5.74, 6) is -7.15. The fourth-order valence-corrected chi connectivity index (χ4v) is 5.38. The molecule has 2 rings (SSSR count). The van der Waals surface area contributed by atoms with Gasteiger partial charge in [0, 0.05) is 18.0 Å². The van der Waals surface area contributed by atoms with Crippen LogP contribution in [0.15, 0.2) is 54.6 Å². The molecule has 0 spiro atoms. The van der Waals surface area contributed by atoms with Gasteiger partial charge in [0.15, 0.2) is 0 Å². The quantitative estimate of drug-likeness (QED) is 0.0627. The highest BCUT2D eigenvalue weighted by Crippen LogP contribution is 2.15. The predicted molar refractivity (Wildman–Crippen MR) is 217 cm³/mol. The molecule has 0 fully saturated rings. The topological polar surface area (TPSA) is 245 Å². The Morgan fingerprint density at radius 3 is 1.73 bits per heavy atom. The zero-order valence-electron chi connectivity index (χ0n) is 34.6. The summed E-state index contributed by atoms with van der Waals surface area (Å²) < 4.78 is 16.0. The third kappa shape index (κ3) is 19.5. The minimum absolute atomic E-state index is 0.163. The van der Waals surface area contributed by atoms with E-state index in [1.165, 1.54) is 0 Å². The number of aliphatic carboxylic acids is 1. The smallest absolute Gasteiger partial charge is 0.408 e. The number of rotatable bonds is 20. The standard InChI is InChI=1S/C41H56ClN5O12/c1-24(2)34(38(55)45-29(20-31(48)49)36(53)43-27-16-14-25(22-42)15-17-27)47-35(52)28(18-19-32(50)58-40(3,4)5)44-37(54)30(21-33(51)59-41(6,7)8)46-39(56)57-23-26-12-10-9-11-13-26/h9-17,24,28-30,34H,18-23H2,1-8H3,(H,43,53)(H,44,54)(H,45,55)(H,46,56)(H,47,52)(H,48,49). The molecule has 0 radical (unpaired) electrons. The molecule has 0 saturated carbocycles. The molecular formula is C41H56ClN5O12. The predicted octanol–water partition coefficient (Wildman–Crippen LogP) is 4.10. The summed E-state index contributed by atoms with van der Waals surface area (Å²) in [4.78, 5) is 105. The van der Waals surface area contributed by atoms with Crippen LogP contribution in [0, 0.1) is 5.92 Å². The van der Waals surface area contributed by atoms with Crippen molar-refractivity contribution >= 4 is 64.9 Å². The largest absolute Gasteiger partial charge is 0.481 e. The van der Waals surface area contributed by atoms with Crippen molar-refractivity contribution in [3.05, 3.63) is 65.7 Å². The number of hydrogen-bond donors (Lipinski definition) is 6. The second-order valence-corrected chi connectivity index (χ2v) is 16.2. The Kier molecular flexibility index (Phi) is 19.3. The maximum atomic E-state index is 14.0. The van der Waals surface area contributed by atoms with Crippen molar-refractivity contribution in [3.63, 3.8) is 0 Å². The zero-order chi connectivity index (χ0) is 44.5. The number of carbonyl (C=O) groups is 8. The van der Waals surface area contributed by atoms with Crippen LogP contribution in [-0.2, 0) is 60.3 Å². The van der Waals surface area contributed by atoms with E-state index in [1.807, 2.05) is 0 Å². The fraction of sp³-hybridized carbons (Fsp3) is 0.512. The van der Waals surface area contributed by atoms with E-state index in [9.17, 15) is 43.5 Å². The highest BCUT2D eigenvalue weighted by molar-refractivity contribution is 6.17. The van der Waals surface area contributed by atoms with E-state index in [2.05, 4.69) is 26.6 Å². The summed E-state index contributed by atoms with van der Waals surface area (Å²) in [6.07, 6.45) is -3.28. The van der Waals surface area contributed by atoms with Gasteiger partial charge in [-0.1, -0.05) is 56.3 Å². The summed E-state index contributed by atoms with van der Waals surface area (Å²) in [6.45, 7) is 12.7. The van der Waals surface area contributed by atoms with Crippen LogP contribution in [0.4, 0.5) is 10.5 Å². The number of ether oxygens (including phenoxy) is 3. The second-order valence-electron chi connectivity index (χ2n) is 15.9. The highest BCUT2D eigenvalue weighted by atomic mass is 35.5. The Labute approximate surface area is 349 Å². The summed E-state index contributed by atoms with van der Waals surface area (Å²) in [6, 6.07) is 8.94. The number of carboxylic acids is 1. The first-order valence-corrected chi connectivity index (χ1v) is 19.5. The van der Waals surface area contributed by atoms with Gasteiger partial charge < -0.3 is 45.9 Å². The molecule has 324 valence electrons. The van der Waals surface area contributed by atoms with Crippen LogP contribution in [0.3, 0.4) is 0 Å². The van der Waals surface area contributed by atoms with Crippen molar-refractivity contribution < 1.29 is 57.7 Å². The number of amides is 5. The van der Waals surface area contributed by atoms with Gasteiger partial charge in [-0.25, -0.2) is 4.79 Å². The molecule has 18 heteroatoms. The summed E-state index contributed by atoms with van der Waals surface area (Å²) in [5.41, 5.74) is -0.102. The number of esters is 2. The van der Waals surface area contributed by atoms with Gasteiger partial charge in [0.05, 0.1) is 12.8 Å². The van der Waals surface area contributed by atoms with Crippen molar-refractivity contribution in [2.75, 3.05) is 5.32 Å². The average molecular weight is 846 g/mol. The Morgan fingerprint density at radius 2 is 1.19 bits per heavy atom. The molecule has 0 aliphatic heterocycles. The molecule has 0 heterocycles. The van der Waals surface area contributed by atoms with E-state index in [1.54, 1.807) is 110 Å². The minimum atomic E-state index is -1.63. The summed E-state index contributed by atoms with van der Waals surface area (Å²) >= 11 is 5.83. The molecule has 17 nitrogen and oxygen atoms in total. The van der Waals surface area contributed by atoms with E-state index in [-0.39, 0.29) is 25.3 Å². The number of alkyl halides is 1. The molecule has 4 atom stereocenters. The lowest BCUT2D eigenvalue weighted by atomic mass is 10.0. The first kappa shape index (κ1) is 49.4. The number of alkyl carbamates (subject to hydrolysis) is 1. The zero-order valence-corrected chi connectivity index (χ0v) is 35.4. The lowest BCUT2D eigenvalue weighted by Crippen LogP contribution is -2.59. The van der Waals surface area contributed by atoms with E-state index in [4.69, 9.17) is 25.8 Å². The van der Waals surface area contributed by atoms with Gasteiger partial charge in [0.25, 0.3) is 0 Å². The van der Waals surface area contributed by atoms with Crippen molar-refractivity contribution in [1.82, 2.24) is 21.3 Å². The van der Waals surface area contributed by atoms with Gasteiger partial charge >= 0.3 is 24.0 Å². The number of hydrogen-bond acceptors (Lipinski definition) is 11. The molecule has 0 aromatic heterocycles. The number of anilines is 1. The Morgan fingerprint density at radius 1 is 0.644 bits per heavy atom. The fourth-order valence-electron chi connectivity index (χ4n) is 5.20. The molecule has 0 aliphatic rings. The van der Waals surface area contributed by atoms with Crippen LogP contribution < -0.4 is 26.6 Å². The van der Waals surface area contributed by atoms with Crippen LogP contribution in [-0.4, -0.2) is 88.1 Å². The van der Waals surface area contributed by atoms with Crippen molar-refractivity contribution in [2.24, 2.45) is 5.92 Å². The monoisotopic (exact) mass is 845 g/mol. The number of carbonyl (C=O) groups excluding carboxylic acids is 7. The minimum Gasteiger partial charge on any atom is -0.481 e. The normalized spacial score (nSPS) is 13.4. The Hall–Kier alpha value is -5.71. The van der Waals surface area contributed by atoms with Crippen LogP contribution in [0.25, 0.3) is 0 Å². The van der Waals surface area contributed by atoms with Gasteiger partial charge in [-0.3, -0.25) is 33.6 Å². The molecule has 59 heavy (non-hydrogen) atoms. The first-order chi connectivity index (χ1) is 27.5. The lowest BCUT2D eigenvalue weighted by molar-refractivity contribution is -0.156. The molecule has 2 aromatic carbocycles. The summed E-state index contributed by atoms with van der Waals surface area (Å²) in [5, 5.41) is 21.8. The molecule has 0 aliphatic carbocycles. The van der Waals surface area contributed by atoms with Crippen LogP contribution in [0.5, 0.6) is 0 Å². The van der Waals surface area contributed by atoms with Gasteiger partial charge in [0.2, 0.25) is 23.6 Å². The molecule has 5 amide bonds. The molecular weight excluding hydrogens is 790 g/mol. The SMILES string of the molecule is CC(C)C(NC(=O)C(CCC(=O)OC(C)(C)C)NC(=O)C(CC(=O)OC(C)(C)C)NC(=O)OCc1ccccc1)C(=O)NC(CC(=O)O)C(=O)Nc1ccc(CCl)cc1. The second kappa shape index (κ2) is 23.0. The van der Waals surface area contributed by atoms with E-state index in [0.717, 1.165) is 5.56 Å². The van der Waals surface area contributed by atoms with Crippen molar-refractivity contribution in [1.29, 1.82) is 0 Å². The Balaban J connectivity index is 2.36. The summed E-state index contributed by atoms with van der Waals surface area (Å²) in [7, 11) is 0. The van der Waals surface area contributed by atoms with Crippen molar-refractivity contribution in [2.45, 2.75) is 129 Å². The van der Waals surface area contributed by atoms with Gasteiger partial charge in [-0.05, 0) is 77.1 Å². The molecule has 2 aromatic rings. The van der Waals surface area contributed by atoms with Crippen LogP contribution >= 0.6 is 11.6 Å². The van der Waals surface area contributed by atoms with Gasteiger partial charge in [-0.15, -0.1) is 11.6 Å². The van der Waals surface area contributed by atoms with Gasteiger partial charge in [-0.2, -0.15) is 0 Å². The van der Waals surface area contributed by atoms with Crippen molar-refractivity contribution in [3.8, 4) is 0 Å². The van der Waals surface area contributed by atoms with E-state index in [0.29, 0.717) is 11.3 Å². The van der Waals surface area contributed by atoms with Gasteiger partial charge in [0.1, 0.15) is 42.0 Å². The number of nitrogens with one attached hydrogen (secondary N) is 5. The lowest BCUT2D eigenvalue weighted by Gasteiger charge is -2.28. The maximum absolute atomic E-state index is 14.0. The third-order valence-electron chi connectivity index (χ3n) is 7.94. The number of carboxylic acid groups (broad SMARTS) is 1. The third-order valence-corrected chi connectivity index (χ3v) is 8.25. The molecule has 0 saturated heterocycles. The van der Waals surface area contributed by atoms with E-state index < -0.39 is 102 Å². The van der Waals surface area contributed by atoms with E-state index >= 15 is 0 Å². The number of benzene rings is 2. The molecule has 0 bridgehead atoms. The van der Waals surface area contributed by atoms with Crippen LogP contribution in [0.1, 0.15) is 92.2 Å². The maximum Gasteiger partial charge on any atom is 0.408 e. The number of halogens is 1. The molecule has 4 unspecified atom stereocenters. The average Bonchev–Trinajstić information content (AvgIpc) is 3.12. The highest BCUT2D eigenvalue weighted by Gasteiger charge is 2.35. The molecule has 6 N–H and O–H groups in total. The Bertz CT molecular complexity index is 1780. The van der Waals surface area contributed by atoms with Crippen LogP contribution in [0.2, 0.25) is 0 Å².